The first-order valence-corrected chi connectivity index (χ1v) is 8.56. The van der Waals surface area contributed by atoms with E-state index in [0.29, 0.717) is 12.3 Å². The van der Waals surface area contributed by atoms with Gasteiger partial charge in [-0.1, -0.05) is 42.5 Å². The molecule has 0 radical (unpaired) electrons. The molecule has 0 saturated heterocycles. The number of carbonyl (C=O) groups excluding carboxylic acids is 1. The summed E-state index contributed by atoms with van der Waals surface area (Å²) < 4.78 is 5.14. The molecule has 0 fully saturated rings. The number of hydrazine groups is 1. The Kier molecular flexibility index (Phi) is 6.15. The van der Waals surface area contributed by atoms with Crippen LogP contribution in [0.5, 0.6) is 5.75 Å². The van der Waals surface area contributed by atoms with Crippen molar-refractivity contribution in [3.63, 3.8) is 0 Å². The zero-order valence-corrected chi connectivity index (χ0v) is 15.5. The molecule has 148 valence electrons. The lowest BCUT2D eigenvalue weighted by Crippen LogP contribution is -2.30. The third-order valence-electron chi connectivity index (χ3n) is 3.95. The summed E-state index contributed by atoms with van der Waals surface area (Å²) in [6.07, 6.45) is 1.16. The SMILES string of the molecule is COc1ccccc1C(=O)NNc1ncnc(NCc2ccccc2)c1[N+](=O)[O-]. The zero-order chi connectivity index (χ0) is 20.6. The van der Waals surface area contributed by atoms with Crippen molar-refractivity contribution in [2.75, 3.05) is 17.9 Å². The summed E-state index contributed by atoms with van der Waals surface area (Å²) in [5.41, 5.74) is 5.70. The van der Waals surface area contributed by atoms with Crippen LogP contribution in [0.2, 0.25) is 0 Å². The highest BCUT2D eigenvalue weighted by atomic mass is 16.6. The summed E-state index contributed by atoms with van der Waals surface area (Å²) in [4.78, 5) is 31.2. The maximum absolute atomic E-state index is 12.4. The highest BCUT2D eigenvalue weighted by Gasteiger charge is 2.23. The van der Waals surface area contributed by atoms with E-state index in [1.807, 2.05) is 30.3 Å². The van der Waals surface area contributed by atoms with E-state index in [9.17, 15) is 14.9 Å². The van der Waals surface area contributed by atoms with Crippen molar-refractivity contribution in [2.24, 2.45) is 0 Å². The standard InChI is InChI=1S/C19H18N6O4/c1-29-15-10-6-5-9-14(15)19(26)24-23-18-16(25(27)28)17(21-12-22-18)20-11-13-7-3-2-4-8-13/h2-10,12H,11H2,1H3,(H,24,26)(H2,20,21,22,23). The van der Waals surface area contributed by atoms with E-state index in [0.717, 1.165) is 11.9 Å². The van der Waals surface area contributed by atoms with Crippen molar-refractivity contribution in [2.45, 2.75) is 6.54 Å². The molecule has 0 bridgehead atoms. The molecule has 0 unspecified atom stereocenters. The first kappa shape index (κ1) is 19.5. The van der Waals surface area contributed by atoms with Gasteiger partial charge in [-0.15, -0.1) is 0 Å². The molecule has 3 N–H and O–H groups in total. The molecule has 0 aliphatic heterocycles. The molecule has 29 heavy (non-hydrogen) atoms. The van der Waals surface area contributed by atoms with Crippen molar-refractivity contribution in [3.05, 3.63) is 82.2 Å². The van der Waals surface area contributed by atoms with Crippen molar-refractivity contribution in [1.29, 1.82) is 0 Å². The van der Waals surface area contributed by atoms with Gasteiger partial charge in [-0.05, 0) is 17.7 Å². The Balaban J connectivity index is 1.76. The average Bonchev–Trinajstić information content (AvgIpc) is 2.76. The number of amides is 1. The summed E-state index contributed by atoms with van der Waals surface area (Å²) in [6, 6.07) is 16.0. The van der Waals surface area contributed by atoms with Gasteiger partial charge in [-0.3, -0.25) is 25.8 Å². The van der Waals surface area contributed by atoms with Gasteiger partial charge in [-0.2, -0.15) is 0 Å². The quantitative estimate of drug-likeness (QED) is 0.393. The van der Waals surface area contributed by atoms with Crippen LogP contribution in [0.4, 0.5) is 17.3 Å². The number of hydrogen-bond acceptors (Lipinski definition) is 8. The molecule has 0 saturated carbocycles. The molecule has 3 aromatic rings. The second-order valence-corrected chi connectivity index (χ2v) is 5.80. The molecule has 10 heteroatoms. The second kappa shape index (κ2) is 9.13. The lowest BCUT2D eigenvalue weighted by atomic mass is 10.2. The van der Waals surface area contributed by atoms with E-state index in [-0.39, 0.29) is 22.9 Å². The van der Waals surface area contributed by atoms with Crippen LogP contribution in [0.15, 0.2) is 60.9 Å². The number of methoxy groups -OCH3 is 1. The van der Waals surface area contributed by atoms with Crippen molar-refractivity contribution >= 4 is 23.2 Å². The molecule has 3 rings (SSSR count). The Labute approximate surface area is 166 Å². The summed E-state index contributed by atoms with van der Waals surface area (Å²) in [7, 11) is 1.44. The number of para-hydroxylation sites is 1. The molecule has 1 amide bonds. The van der Waals surface area contributed by atoms with Crippen LogP contribution in [-0.2, 0) is 6.54 Å². The predicted octanol–water partition coefficient (Wildman–Crippen LogP) is 2.76. The minimum atomic E-state index is -0.620. The lowest BCUT2D eigenvalue weighted by molar-refractivity contribution is -0.383. The topological polar surface area (TPSA) is 131 Å². The molecule has 0 spiro atoms. The van der Waals surface area contributed by atoms with Crippen LogP contribution >= 0.6 is 0 Å². The normalized spacial score (nSPS) is 10.1. The predicted molar refractivity (Wildman–Crippen MR) is 107 cm³/mol. The largest absolute Gasteiger partial charge is 0.496 e. The third kappa shape index (κ3) is 4.75. The average molecular weight is 394 g/mol. The molecule has 10 nitrogen and oxygen atoms in total. The molecule has 0 atom stereocenters. The van der Waals surface area contributed by atoms with Gasteiger partial charge >= 0.3 is 5.69 Å². The molecular formula is C19H18N6O4. The van der Waals surface area contributed by atoms with Crippen LogP contribution in [-0.4, -0.2) is 27.9 Å². The van der Waals surface area contributed by atoms with Crippen molar-refractivity contribution in [1.82, 2.24) is 15.4 Å². The van der Waals surface area contributed by atoms with E-state index in [4.69, 9.17) is 4.74 Å². The number of nitrogens with zero attached hydrogens (tertiary/aromatic N) is 3. The number of rotatable bonds is 8. The Morgan fingerprint density at radius 3 is 2.48 bits per heavy atom. The fraction of sp³-hybridized carbons (Fsp3) is 0.105. The number of nitrogens with one attached hydrogen (secondary N) is 3. The second-order valence-electron chi connectivity index (χ2n) is 5.80. The van der Waals surface area contributed by atoms with Crippen LogP contribution in [0.1, 0.15) is 15.9 Å². The van der Waals surface area contributed by atoms with Crippen molar-refractivity contribution < 1.29 is 14.5 Å². The molecular weight excluding hydrogens is 376 g/mol. The summed E-state index contributed by atoms with van der Waals surface area (Å²) >= 11 is 0. The number of aromatic nitrogens is 2. The molecule has 1 heterocycles. The first-order chi connectivity index (χ1) is 14.1. The third-order valence-corrected chi connectivity index (χ3v) is 3.95. The summed E-state index contributed by atoms with van der Waals surface area (Å²) in [6.45, 7) is 0.339. The Morgan fingerprint density at radius 1 is 1.07 bits per heavy atom. The Bertz CT molecular complexity index is 1010. The highest BCUT2D eigenvalue weighted by molar-refractivity contribution is 5.97. The fourth-order valence-corrected chi connectivity index (χ4v) is 2.57. The van der Waals surface area contributed by atoms with E-state index in [1.54, 1.807) is 24.3 Å². The molecule has 0 aliphatic rings. The number of carbonyl (C=O) groups is 1. The van der Waals surface area contributed by atoms with Crippen LogP contribution in [0.25, 0.3) is 0 Å². The monoisotopic (exact) mass is 394 g/mol. The zero-order valence-electron chi connectivity index (χ0n) is 15.5. The summed E-state index contributed by atoms with van der Waals surface area (Å²) in [5.74, 6) is -0.282. The van der Waals surface area contributed by atoms with Gasteiger partial charge in [-0.25, -0.2) is 9.97 Å². The number of hydrogen-bond donors (Lipinski definition) is 3. The van der Waals surface area contributed by atoms with Crippen LogP contribution in [0, 0.1) is 10.1 Å². The van der Waals surface area contributed by atoms with Gasteiger partial charge in [0.15, 0.2) is 0 Å². The van der Waals surface area contributed by atoms with E-state index in [2.05, 4.69) is 26.1 Å². The van der Waals surface area contributed by atoms with Crippen LogP contribution < -0.4 is 20.9 Å². The number of anilines is 2. The Hall–Kier alpha value is -4.21. The van der Waals surface area contributed by atoms with Gasteiger partial charge in [0.1, 0.15) is 12.1 Å². The number of ether oxygens (including phenoxy) is 1. The van der Waals surface area contributed by atoms with Gasteiger partial charge in [0.25, 0.3) is 5.91 Å². The molecule has 0 aliphatic carbocycles. The molecule has 2 aromatic carbocycles. The van der Waals surface area contributed by atoms with Gasteiger partial charge < -0.3 is 10.1 Å². The Morgan fingerprint density at radius 2 is 1.76 bits per heavy atom. The maximum Gasteiger partial charge on any atom is 0.354 e. The fourth-order valence-electron chi connectivity index (χ4n) is 2.57. The lowest BCUT2D eigenvalue weighted by Gasteiger charge is -2.12. The smallest absolute Gasteiger partial charge is 0.354 e. The minimum Gasteiger partial charge on any atom is -0.496 e. The van der Waals surface area contributed by atoms with Gasteiger partial charge in [0, 0.05) is 6.54 Å². The molecule has 1 aromatic heterocycles. The first-order valence-electron chi connectivity index (χ1n) is 8.56. The van der Waals surface area contributed by atoms with Crippen LogP contribution in [0.3, 0.4) is 0 Å². The number of benzene rings is 2. The number of nitro groups is 1. The minimum absolute atomic E-state index is 0.0305. The van der Waals surface area contributed by atoms with E-state index >= 15 is 0 Å². The van der Waals surface area contributed by atoms with E-state index < -0.39 is 10.8 Å². The van der Waals surface area contributed by atoms with Crippen molar-refractivity contribution in [3.8, 4) is 5.75 Å². The maximum atomic E-state index is 12.4. The van der Waals surface area contributed by atoms with Gasteiger partial charge in [0.2, 0.25) is 11.6 Å². The summed E-state index contributed by atoms with van der Waals surface area (Å²) in [5, 5.41) is 14.5. The highest BCUT2D eigenvalue weighted by Crippen LogP contribution is 2.28. The van der Waals surface area contributed by atoms with E-state index in [1.165, 1.54) is 7.11 Å². The van der Waals surface area contributed by atoms with Gasteiger partial charge in [0.05, 0.1) is 17.6 Å².